The molecule has 0 spiro atoms. The number of hydroxylamine groups is 2. The molecule has 0 aliphatic carbocycles. The summed E-state index contributed by atoms with van der Waals surface area (Å²) >= 11 is 0. The number of aliphatic hydroxyl groups is 6. The number of nitrogen functional groups attached to an aromatic ring is 2. The molecule has 39 heteroatoms. The van der Waals surface area contributed by atoms with Gasteiger partial charge < -0.3 is 105 Å². The molecule has 2 unspecified atom stereocenters. The molecular weight excluding hydrogens is 1210 g/mol. The second kappa shape index (κ2) is 48.1. The van der Waals surface area contributed by atoms with E-state index in [0.29, 0.717) is 154 Å². The lowest BCUT2D eigenvalue weighted by Gasteiger charge is -2.18. The summed E-state index contributed by atoms with van der Waals surface area (Å²) in [5.74, 6) is -1.77. The SMILES string of the molecule is NCCCc1cn([C@@H]2O[C@H](CO)C(O)[C@@H]2O)c(=O)nc1N.[2H]CF.[N-]=[N+]=NCCOCCOCCOCCOCCC(=O)NCCCc1cn([C@@H]2O[C@H](CO)C(O)[C@@H]2O)c(=O)nc1N.[N-]=[N+]=NCCOCCOCCOCCOCCC(=O)ON1C(=O)CCC1=O. The molecular formula is C51H86FN15O23. The summed E-state index contributed by atoms with van der Waals surface area (Å²) in [4.78, 5) is 87.6. The van der Waals surface area contributed by atoms with E-state index < -0.39 is 98.6 Å². The third kappa shape index (κ3) is 30.4. The van der Waals surface area contributed by atoms with Gasteiger partial charge >= 0.3 is 17.3 Å². The van der Waals surface area contributed by atoms with Gasteiger partial charge in [0.25, 0.3) is 11.8 Å². The van der Waals surface area contributed by atoms with Crippen molar-refractivity contribution in [3.63, 3.8) is 0 Å². The van der Waals surface area contributed by atoms with Crippen LogP contribution < -0.4 is 33.9 Å². The Bertz CT molecular complexity index is 2610. The number of carbonyl (C=O) groups excluding carboxylic acids is 4. The number of ether oxygens (including phenoxy) is 10. The highest BCUT2D eigenvalue weighted by atomic mass is 19.1. The van der Waals surface area contributed by atoms with Crippen molar-refractivity contribution in [3.05, 3.63) is 65.4 Å². The number of alkyl halides is 1. The van der Waals surface area contributed by atoms with Gasteiger partial charge in [0.15, 0.2) is 12.5 Å². The predicted molar refractivity (Wildman–Crippen MR) is 309 cm³/mol. The summed E-state index contributed by atoms with van der Waals surface area (Å²) in [5.41, 5.74) is 32.8. The number of aryl methyl sites for hydroxylation is 2. The number of hydrogen-bond acceptors (Lipinski definition) is 30. The minimum Gasteiger partial charge on any atom is -0.394 e. The van der Waals surface area contributed by atoms with Crippen molar-refractivity contribution >= 4 is 35.3 Å². The fraction of sp³-hybridized carbons (Fsp3) is 0.765. The van der Waals surface area contributed by atoms with Gasteiger partial charge in [-0.2, -0.15) is 9.97 Å². The van der Waals surface area contributed by atoms with Crippen molar-refractivity contribution in [2.75, 3.05) is 164 Å². The van der Waals surface area contributed by atoms with Crippen LogP contribution in [0.3, 0.4) is 0 Å². The van der Waals surface area contributed by atoms with Crippen LogP contribution in [0.4, 0.5) is 16.0 Å². The van der Waals surface area contributed by atoms with E-state index in [4.69, 9.17) is 86.9 Å². The highest BCUT2D eigenvalue weighted by Crippen LogP contribution is 2.30. The number of amides is 3. The van der Waals surface area contributed by atoms with Crippen LogP contribution in [-0.4, -0.2) is 267 Å². The molecule has 0 radical (unpaired) electrons. The number of nitrogens with two attached hydrogens (primary N) is 3. The topological polar surface area (TPSA) is 552 Å². The summed E-state index contributed by atoms with van der Waals surface area (Å²) in [6.07, 6.45) is -4.53. The van der Waals surface area contributed by atoms with Gasteiger partial charge in [0.1, 0.15) is 48.3 Å². The minimum absolute atomic E-state index is 0.0226. The van der Waals surface area contributed by atoms with Gasteiger partial charge in [0.2, 0.25) is 5.91 Å². The molecule has 13 N–H and O–H groups in total. The maximum atomic E-state index is 12.3. The summed E-state index contributed by atoms with van der Waals surface area (Å²) in [6, 6.07) is 0. The zero-order chi connectivity index (χ0) is 67.2. The maximum Gasteiger partial charge on any atom is 0.351 e. The van der Waals surface area contributed by atoms with E-state index in [-0.39, 0.29) is 63.0 Å². The Balaban J connectivity index is 0.000000479. The average molecular weight is 1300 g/mol. The monoisotopic (exact) mass is 1300 g/mol. The first-order valence-corrected chi connectivity index (χ1v) is 28.5. The molecule has 0 aromatic carbocycles. The summed E-state index contributed by atoms with van der Waals surface area (Å²) in [7, 11) is -1.00. The fourth-order valence-corrected chi connectivity index (χ4v) is 7.85. The van der Waals surface area contributed by atoms with Gasteiger partial charge in [-0.1, -0.05) is 10.2 Å². The van der Waals surface area contributed by atoms with Crippen molar-refractivity contribution in [2.45, 2.75) is 100 Å². The highest BCUT2D eigenvalue weighted by molar-refractivity contribution is 6.01. The lowest BCUT2D eigenvalue weighted by molar-refractivity contribution is -0.198. The molecule has 3 aliphatic rings. The predicted octanol–water partition coefficient (Wildman–Crippen LogP) is -3.47. The molecule has 8 atom stereocenters. The number of azide groups is 2. The van der Waals surface area contributed by atoms with Gasteiger partial charge in [-0.3, -0.25) is 27.9 Å². The molecule has 90 heavy (non-hydrogen) atoms. The van der Waals surface area contributed by atoms with Gasteiger partial charge in [-0.15, -0.1) is 5.06 Å². The van der Waals surface area contributed by atoms with Crippen LogP contribution in [0.25, 0.3) is 20.9 Å². The number of hydrogen-bond donors (Lipinski definition) is 10. The number of aliphatic hydroxyl groups excluding tert-OH is 6. The van der Waals surface area contributed by atoms with Crippen LogP contribution in [0, 0.1) is 0 Å². The normalized spacial score (nSPS) is 20.1. The van der Waals surface area contributed by atoms with Crippen molar-refractivity contribution in [1.29, 1.82) is 0 Å². The van der Waals surface area contributed by atoms with E-state index in [1.807, 2.05) is 0 Å². The first-order valence-electron chi connectivity index (χ1n) is 29.2. The Hall–Kier alpha value is -6.69. The lowest BCUT2D eigenvalue weighted by atomic mass is 10.1. The van der Waals surface area contributed by atoms with Crippen molar-refractivity contribution in [3.8, 4) is 0 Å². The van der Waals surface area contributed by atoms with Crippen LogP contribution in [0.1, 0.15) is 63.5 Å². The van der Waals surface area contributed by atoms with E-state index in [0.717, 1.165) is 9.13 Å². The molecule has 0 saturated carbocycles. The number of aromatic nitrogens is 4. The van der Waals surface area contributed by atoms with Gasteiger partial charge in [0.05, 0.1) is 134 Å². The molecule has 5 heterocycles. The number of imide groups is 1. The molecule has 3 saturated heterocycles. The standard InChI is InChI=1S/C23H39N7O10.C15H24N4O8.C12H20N4O5.CH3F/c24-21-16(14-30(23(35)28-21)22-20(34)19(33)17(15-31)40-22)2-1-4-26-18(32)3-6-36-8-10-38-12-13-39-11-9-37-7-5-27-29-25;16-18-17-4-6-24-8-10-26-12-11-25-9-7-23-5-3-15(22)27-19-13(20)1-2-14(19)21;13-3-1-2-6-4-16(12(20)15-10(6)14)11-9(19)8(18)7(5-17)21-11;1-2/h14,17,19-20,22,31,33-34H,1-13,15H2,(H,26,32)(H2,24,28,35);1-12H2;4,7-9,11,17-19H,1-3,5,13H2,(H2,14,15,20);1H3/t17-,19?,20+,22-;;7-,8?,9+,11-;/m1.1./s1/i;;;1D. The van der Waals surface area contributed by atoms with E-state index >= 15 is 0 Å². The summed E-state index contributed by atoms with van der Waals surface area (Å²) < 4.78 is 70.5. The van der Waals surface area contributed by atoms with Crippen LogP contribution in [0.15, 0.2) is 32.2 Å². The number of nitrogens with zero attached hydrogens (tertiary/aromatic N) is 11. The molecule has 5 rings (SSSR count). The summed E-state index contributed by atoms with van der Waals surface area (Å²) in [6.45, 7) is 6.08. The van der Waals surface area contributed by atoms with Crippen molar-refractivity contribution in [1.82, 2.24) is 29.5 Å². The van der Waals surface area contributed by atoms with Gasteiger partial charge in [-0.25, -0.2) is 14.4 Å². The Morgan fingerprint density at radius 1 is 0.644 bits per heavy atom. The maximum absolute atomic E-state index is 12.3. The number of rotatable bonds is 42. The minimum atomic E-state index is -1.42. The Morgan fingerprint density at radius 3 is 1.38 bits per heavy atom. The molecule has 3 aliphatic heterocycles. The molecule has 3 amide bonds. The Labute approximate surface area is 517 Å². The van der Waals surface area contributed by atoms with Crippen molar-refractivity contribution in [2.24, 2.45) is 16.0 Å². The van der Waals surface area contributed by atoms with Crippen LogP contribution in [0.2, 0.25) is 0 Å². The molecule has 3 fully saturated rings. The average Bonchev–Trinajstić information content (AvgIpc) is 1.73. The van der Waals surface area contributed by atoms with Crippen LogP contribution in [0.5, 0.6) is 0 Å². The summed E-state index contributed by atoms with van der Waals surface area (Å²) in [5, 5.41) is 68.1. The van der Waals surface area contributed by atoms with Gasteiger partial charge in [-0.05, 0) is 43.3 Å². The molecule has 0 bridgehead atoms. The molecule has 38 nitrogen and oxygen atoms in total. The van der Waals surface area contributed by atoms with Crippen molar-refractivity contribution < 1.29 is 108 Å². The highest BCUT2D eigenvalue weighted by Gasteiger charge is 2.45. The van der Waals surface area contributed by atoms with E-state index in [9.17, 15) is 58.7 Å². The third-order valence-corrected chi connectivity index (χ3v) is 12.5. The molecule has 510 valence electrons. The quantitative estimate of drug-likeness (QED) is 0.0101. The second-order valence-corrected chi connectivity index (χ2v) is 18.8. The molecule has 2 aromatic heterocycles. The zero-order valence-electron chi connectivity index (χ0n) is 50.8. The van der Waals surface area contributed by atoms with E-state index in [2.05, 4.69) is 35.3 Å². The number of carbonyl (C=O) groups is 4. The smallest absolute Gasteiger partial charge is 0.351 e. The van der Waals surface area contributed by atoms with Crippen LogP contribution >= 0.6 is 0 Å². The van der Waals surface area contributed by atoms with Crippen LogP contribution in [-0.2, 0) is 84.2 Å². The largest absolute Gasteiger partial charge is 0.394 e. The fourth-order valence-electron chi connectivity index (χ4n) is 7.85. The molecule has 2 aromatic rings. The third-order valence-electron chi connectivity index (χ3n) is 12.5. The zero-order valence-corrected chi connectivity index (χ0v) is 49.8. The number of anilines is 2. The van der Waals surface area contributed by atoms with E-state index in [1.54, 1.807) is 0 Å². The number of halogens is 1. The number of nitrogens with one attached hydrogen (secondary N) is 1. The lowest BCUT2D eigenvalue weighted by Crippen LogP contribution is -2.36. The first kappa shape index (κ1) is 77.6. The van der Waals surface area contributed by atoms with Gasteiger partial charge in [0, 0.05) is 72.2 Å². The Kier molecular flexibility index (Phi) is 41.5. The Morgan fingerprint density at radius 2 is 1.01 bits per heavy atom. The first-order chi connectivity index (χ1) is 43.9. The second-order valence-electron chi connectivity index (χ2n) is 18.8. The van der Waals surface area contributed by atoms with E-state index in [1.165, 1.54) is 12.4 Å².